The Bertz CT molecular complexity index is 583. The number of hydrogen-bond donors (Lipinski definition) is 0. The minimum absolute atomic E-state index is 1.09. The molecule has 0 saturated heterocycles. The first-order valence-corrected chi connectivity index (χ1v) is 10.9. The minimum atomic E-state index is 1.09. The molecular formula is C25H37N. The highest BCUT2D eigenvalue weighted by atomic mass is 14.7. The average molecular weight is 352 g/mol. The second kappa shape index (κ2) is 12.7. The molecule has 0 fully saturated rings. The average Bonchev–Trinajstić information content (AvgIpc) is 2.69. The summed E-state index contributed by atoms with van der Waals surface area (Å²) in [6.07, 6.45) is 17.9. The molecule has 0 unspecified atom stereocenters. The first kappa shape index (κ1) is 20.7. The van der Waals surface area contributed by atoms with Crippen LogP contribution in [0.1, 0.15) is 89.2 Å². The molecule has 142 valence electrons. The molecule has 0 radical (unpaired) electrons. The minimum Gasteiger partial charge on any atom is -0.256 e. The lowest BCUT2D eigenvalue weighted by atomic mass is 10.0. The van der Waals surface area contributed by atoms with E-state index in [9.17, 15) is 0 Å². The van der Waals surface area contributed by atoms with E-state index in [1.807, 2.05) is 0 Å². The van der Waals surface area contributed by atoms with Crippen molar-refractivity contribution < 1.29 is 0 Å². The van der Waals surface area contributed by atoms with Crippen molar-refractivity contribution in [2.75, 3.05) is 0 Å². The fourth-order valence-corrected chi connectivity index (χ4v) is 3.45. The van der Waals surface area contributed by atoms with Gasteiger partial charge in [0.05, 0.1) is 5.69 Å². The molecule has 1 aromatic heterocycles. The smallest absolute Gasteiger partial charge is 0.0702 e. The highest BCUT2D eigenvalue weighted by molar-refractivity contribution is 5.59. The van der Waals surface area contributed by atoms with Crippen molar-refractivity contribution >= 4 is 0 Å². The summed E-state index contributed by atoms with van der Waals surface area (Å²) in [5, 5.41) is 0. The number of pyridine rings is 1. The Balaban J connectivity index is 1.76. The Morgan fingerprint density at radius 2 is 1.12 bits per heavy atom. The molecular weight excluding hydrogens is 314 g/mol. The van der Waals surface area contributed by atoms with Crippen molar-refractivity contribution in [1.29, 1.82) is 0 Å². The summed E-state index contributed by atoms with van der Waals surface area (Å²) in [7, 11) is 0. The van der Waals surface area contributed by atoms with E-state index in [0.717, 1.165) is 12.1 Å². The SMILES string of the molecule is CCCCCCCCc1ccc(-c2ccc(CCCCCC)cc2)nc1. The maximum absolute atomic E-state index is 4.69. The maximum atomic E-state index is 4.69. The second-order valence-electron chi connectivity index (χ2n) is 7.58. The standard InChI is InChI=1S/C25H37N/c1-3-5-7-9-10-12-14-23-17-20-25(26-21-23)24-18-15-22(16-19-24)13-11-8-6-4-2/h15-21H,3-14H2,1-2H3. The quantitative estimate of drug-likeness (QED) is 0.336. The summed E-state index contributed by atoms with van der Waals surface area (Å²) in [5.74, 6) is 0. The van der Waals surface area contributed by atoms with Gasteiger partial charge in [0.2, 0.25) is 0 Å². The molecule has 2 rings (SSSR count). The van der Waals surface area contributed by atoms with Gasteiger partial charge in [0.1, 0.15) is 0 Å². The molecule has 1 heteroatoms. The predicted octanol–water partition coefficient (Wildman–Crippen LogP) is 7.77. The molecule has 0 amide bonds. The lowest BCUT2D eigenvalue weighted by Gasteiger charge is -2.06. The van der Waals surface area contributed by atoms with Gasteiger partial charge in [-0.15, -0.1) is 0 Å². The maximum Gasteiger partial charge on any atom is 0.0702 e. The first-order valence-electron chi connectivity index (χ1n) is 10.9. The van der Waals surface area contributed by atoms with Crippen molar-refractivity contribution in [3.8, 4) is 11.3 Å². The Kier molecular flexibility index (Phi) is 10.1. The number of aromatic nitrogens is 1. The van der Waals surface area contributed by atoms with E-state index in [2.05, 4.69) is 56.4 Å². The van der Waals surface area contributed by atoms with E-state index in [0.29, 0.717) is 0 Å². The van der Waals surface area contributed by atoms with Crippen molar-refractivity contribution in [3.05, 3.63) is 53.7 Å². The third-order valence-electron chi connectivity index (χ3n) is 5.21. The first-order chi connectivity index (χ1) is 12.8. The van der Waals surface area contributed by atoms with Gasteiger partial charge in [0.15, 0.2) is 0 Å². The van der Waals surface area contributed by atoms with Crippen molar-refractivity contribution in [1.82, 2.24) is 4.98 Å². The molecule has 26 heavy (non-hydrogen) atoms. The molecule has 0 atom stereocenters. The van der Waals surface area contributed by atoms with Gasteiger partial charge >= 0.3 is 0 Å². The summed E-state index contributed by atoms with van der Waals surface area (Å²) in [6.45, 7) is 4.54. The zero-order chi connectivity index (χ0) is 18.5. The van der Waals surface area contributed by atoms with Crippen molar-refractivity contribution in [2.24, 2.45) is 0 Å². The van der Waals surface area contributed by atoms with Crippen LogP contribution in [0.4, 0.5) is 0 Å². The van der Waals surface area contributed by atoms with Crippen LogP contribution in [0, 0.1) is 0 Å². The third-order valence-corrected chi connectivity index (χ3v) is 5.21. The van der Waals surface area contributed by atoms with Gasteiger partial charge in [-0.2, -0.15) is 0 Å². The van der Waals surface area contributed by atoms with Crippen LogP contribution in [0.3, 0.4) is 0 Å². The van der Waals surface area contributed by atoms with Crippen LogP contribution < -0.4 is 0 Å². The number of hydrogen-bond acceptors (Lipinski definition) is 1. The third kappa shape index (κ3) is 7.72. The Labute approximate surface area is 161 Å². The zero-order valence-electron chi connectivity index (χ0n) is 17.0. The molecule has 0 saturated carbocycles. The number of nitrogens with zero attached hydrogens (tertiary/aromatic N) is 1. The number of benzene rings is 1. The van der Waals surface area contributed by atoms with Crippen LogP contribution in [0.15, 0.2) is 42.6 Å². The molecule has 0 aliphatic rings. The Morgan fingerprint density at radius 1 is 0.577 bits per heavy atom. The molecule has 2 aromatic rings. The topological polar surface area (TPSA) is 12.9 Å². The zero-order valence-corrected chi connectivity index (χ0v) is 17.0. The van der Waals surface area contributed by atoms with Gasteiger partial charge in [-0.3, -0.25) is 4.98 Å². The largest absolute Gasteiger partial charge is 0.256 e. The van der Waals surface area contributed by atoms with Crippen LogP contribution >= 0.6 is 0 Å². The van der Waals surface area contributed by atoms with Crippen LogP contribution in [-0.4, -0.2) is 4.98 Å². The molecule has 1 nitrogen and oxygen atoms in total. The van der Waals surface area contributed by atoms with Gasteiger partial charge in [-0.25, -0.2) is 0 Å². The van der Waals surface area contributed by atoms with E-state index in [-0.39, 0.29) is 0 Å². The summed E-state index contributed by atoms with van der Waals surface area (Å²) in [6, 6.07) is 13.4. The van der Waals surface area contributed by atoms with E-state index in [1.54, 1.807) is 0 Å². The number of unbranched alkanes of at least 4 members (excludes halogenated alkanes) is 8. The Morgan fingerprint density at radius 3 is 1.73 bits per heavy atom. The number of aryl methyl sites for hydroxylation is 2. The van der Waals surface area contributed by atoms with E-state index in [4.69, 9.17) is 4.98 Å². The molecule has 0 N–H and O–H groups in total. The monoisotopic (exact) mass is 351 g/mol. The number of rotatable bonds is 13. The molecule has 0 bridgehead atoms. The van der Waals surface area contributed by atoms with Gasteiger partial charge in [0, 0.05) is 11.8 Å². The van der Waals surface area contributed by atoms with Crippen molar-refractivity contribution in [2.45, 2.75) is 90.9 Å². The summed E-state index contributed by atoms with van der Waals surface area (Å²) < 4.78 is 0. The van der Waals surface area contributed by atoms with Gasteiger partial charge in [0.25, 0.3) is 0 Å². The van der Waals surface area contributed by atoms with Crippen molar-refractivity contribution in [3.63, 3.8) is 0 Å². The second-order valence-corrected chi connectivity index (χ2v) is 7.58. The highest BCUT2D eigenvalue weighted by Gasteiger charge is 2.01. The molecule has 0 aliphatic heterocycles. The van der Waals surface area contributed by atoms with Crippen LogP contribution in [0.2, 0.25) is 0 Å². The molecule has 0 aliphatic carbocycles. The summed E-state index contributed by atoms with van der Waals surface area (Å²) in [5.41, 5.74) is 5.14. The Hall–Kier alpha value is -1.63. The highest BCUT2D eigenvalue weighted by Crippen LogP contribution is 2.19. The fraction of sp³-hybridized carbons (Fsp3) is 0.560. The molecule has 0 spiro atoms. The lowest BCUT2D eigenvalue weighted by molar-refractivity contribution is 0.607. The van der Waals surface area contributed by atoms with Gasteiger partial charge < -0.3 is 0 Å². The molecule has 1 heterocycles. The summed E-state index contributed by atoms with van der Waals surface area (Å²) in [4.78, 5) is 4.69. The van der Waals surface area contributed by atoms with Crippen LogP contribution in [0.25, 0.3) is 11.3 Å². The van der Waals surface area contributed by atoms with E-state index in [1.165, 1.54) is 87.3 Å². The normalized spacial score (nSPS) is 11.0. The summed E-state index contributed by atoms with van der Waals surface area (Å²) >= 11 is 0. The molecule has 1 aromatic carbocycles. The lowest BCUT2D eigenvalue weighted by Crippen LogP contribution is -1.91. The van der Waals surface area contributed by atoms with Gasteiger partial charge in [-0.1, -0.05) is 95.5 Å². The predicted molar refractivity (Wildman–Crippen MR) is 115 cm³/mol. The van der Waals surface area contributed by atoms with E-state index < -0.39 is 0 Å². The van der Waals surface area contributed by atoms with Gasteiger partial charge in [-0.05, 0) is 42.9 Å². The van der Waals surface area contributed by atoms with Crippen LogP contribution in [-0.2, 0) is 12.8 Å². The van der Waals surface area contributed by atoms with Crippen LogP contribution in [0.5, 0.6) is 0 Å². The fourth-order valence-electron chi connectivity index (χ4n) is 3.45. The van der Waals surface area contributed by atoms with E-state index >= 15 is 0 Å².